The van der Waals surface area contributed by atoms with E-state index >= 15 is 0 Å². The van der Waals surface area contributed by atoms with Crippen LogP contribution in [0.3, 0.4) is 0 Å². The monoisotopic (exact) mass is 410 g/mol. The molecule has 3 aromatic carbocycles. The first-order valence-electron chi connectivity index (χ1n) is 11.2. The van der Waals surface area contributed by atoms with E-state index in [-0.39, 0.29) is 11.8 Å². The molecule has 0 radical (unpaired) electrons. The van der Waals surface area contributed by atoms with E-state index in [2.05, 4.69) is 95.8 Å². The van der Waals surface area contributed by atoms with Gasteiger partial charge in [0.25, 0.3) is 0 Å². The van der Waals surface area contributed by atoms with Crippen molar-refractivity contribution in [1.82, 2.24) is 9.88 Å². The standard InChI is InChI=1S/C28H30N2O/c1-2-17-29-28(31)19-24(18-22-11-5-3-6-12-22)26-21-30(20-23-13-7-4-8-14-23)27-16-10-9-15-25(26)27/h3-16,21,24H,2,17-20H2,1H3,(H,29,31). The molecule has 0 aliphatic carbocycles. The average Bonchev–Trinajstić information content (AvgIpc) is 3.17. The van der Waals surface area contributed by atoms with Crippen LogP contribution >= 0.6 is 0 Å². The van der Waals surface area contributed by atoms with Crippen molar-refractivity contribution in [2.45, 2.75) is 38.6 Å². The zero-order chi connectivity index (χ0) is 21.5. The highest BCUT2D eigenvalue weighted by Crippen LogP contribution is 2.33. The summed E-state index contributed by atoms with van der Waals surface area (Å²) in [4.78, 5) is 12.7. The molecule has 0 saturated heterocycles. The Labute approximate surface area is 184 Å². The fraction of sp³-hybridized carbons (Fsp3) is 0.250. The van der Waals surface area contributed by atoms with Gasteiger partial charge in [0.15, 0.2) is 0 Å². The van der Waals surface area contributed by atoms with E-state index in [9.17, 15) is 4.79 Å². The molecule has 3 nitrogen and oxygen atoms in total. The minimum absolute atomic E-state index is 0.126. The van der Waals surface area contributed by atoms with Gasteiger partial charge >= 0.3 is 0 Å². The van der Waals surface area contributed by atoms with Crippen LogP contribution < -0.4 is 5.32 Å². The van der Waals surface area contributed by atoms with Crippen LogP contribution in [0.4, 0.5) is 0 Å². The lowest BCUT2D eigenvalue weighted by Crippen LogP contribution is -2.26. The van der Waals surface area contributed by atoms with Gasteiger partial charge in [-0.2, -0.15) is 0 Å². The molecule has 0 aliphatic rings. The van der Waals surface area contributed by atoms with Crippen molar-refractivity contribution in [3.63, 3.8) is 0 Å². The second kappa shape index (κ2) is 10.1. The second-order valence-corrected chi connectivity index (χ2v) is 8.16. The fourth-order valence-corrected chi connectivity index (χ4v) is 4.26. The third-order valence-corrected chi connectivity index (χ3v) is 5.78. The van der Waals surface area contributed by atoms with Crippen molar-refractivity contribution in [2.24, 2.45) is 0 Å². The highest BCUT2D eigenvalue weighted by Gasteiger charge is 2.21. The van der Waals surface area contributed by atoms with Gasteiger partial charge in [0.05, 0.1) is 0 Å². The quantitative estimate of drug-likeness (QED) is 0.364. The molecular formula is C28H30N2O. The van der Waals surface area contributed by atoms with E-state index in [1.165, 1.54) is 27.6 Å². The zero-order valence-corrected chi connectivity index (χ0v) is 18.1. The van der Waals surface area contributed by atoms with Gasteiger partial charge in [-0.15, -0.1) is 0 Å². The number of nitrogens with one attached hydrogen (secondary N) is 1. The Hall–Kier alpha value is -3.33. The summed E-state index contributed by atoms with van der Waals surface area (Å²) >= 11 is 0. The maximum Gasteiger partial charge on any atom is 0.220 e. The molecule has 31 heavy (non-hydrogen) atoms. The topological polar surface area (TPSA) is 34.0 Å². The molecule has 1 amide bonds. The van der Waals surface area contributed by atoms with E-state index in [4.69, 9.17) is 0 Å². The molecule has 1 unspecified atom stereocenters. The Bertz CT molecular complexity index is 1120. The van der Waals surface area contributed by atoms with Crippen molar-refractivity contribution in [1.29, 1.82) is 0 Å². The Morgan fingerprint density at radius 2 is 1.52 bits per heavy atom. The van der Waals surface area contributed by atoms with Crippen LogP contribution in [0.2, 0.25) is 0 Å². The molecule has 0 bridgehead atoms. The van der Waals surface area contributed by atoms with Gasteiger partial charge in [-0.3, -0.25) is 4.79 Å². The smallest absolute Gasteiger partial charge is 0.220 e. The molecular weight excluding hydrogens is 380 g/mol. The van der Waals surface area contributed by atoms with Crippen LogP contribution in [0, 0.1) is 0 Å². The fourth-order valence-electron chi connectivity index (χ4n) is 4.26. The Balaban J connectivity index is 1.71. The van der Waals surface area contributed by atoms with Crippen molar-refractivity contribution >= 4 is 16.8 Å². The molecule has 158 valence electrons. The number of amides is 1. The molecule has 3 heteroatoms. The first-order chi connectivity index (χ1) is 15.2. The summed E-state index contributed by atoms with van der Waals surface area (Å²) in [6, 6.07) is 29.6. The third kappa shape index (κ3) is 5.24. The lowest BCUT2D eigenvalue weighted by molar-refractivity contribution is -0.121. The summed E-state index contributed by atoms with van der Waals surface area (Å²) in [5.74, 6) is 0.254. The summed E-state index contributed by atoms with van der Waals surface area (Å²) in [7, 11) is 0. The van der Waals surface area contributed by atoms with Crippen molar-refractivity contribution in [2.75, 3.05) is 6.54 Å². The van der Waals surface area contributed by atoms with E-state index < -0.39 is 0 Å². The van der Waals surface area contributed by atoms with Crippen LogP contribution in [0.5, 0.6) is 0 Å². The molecule has 0 fully saturated rings. The Morgan fingerprint density at radius 3 is 2.23 bits per heavy atom. The van der Waals surface area contributed by atoms with Crippen molar-refractivity contribution < 1.29 is 4.79 Å². The predicted octanol–water partition coefficient (Wildman–Crippen LogP) is 5.93. The number of nitrogens with zero attached hydrogens (tertiary/aromatic N) is 1. The molecule has 1 atom stereocenters. The lowest BCUT2D eigenvalue weighted by Gasteiger charge is -2.17. The summed E-state index contributed by atoms with van der Waals surface area (Å²) in [6.45, 7) is 3.63. The largest absolute Gasteiger partial charge is 0.356 e. The molecule has 0 spiro atoms. The number of aromatic nitrogens is 1. The number of rotatable bonds is 9. The number of para-hydroxylation sites is 1. The third-order valence-electron chi connectivity index (χ3n) is 5.78. The van der Waals surface area contributed by atoms with Gasteiger partial charge in [0.2, 0.25) is 5.91 Å². The Kier molecular flexibility index (Phi) is 6.83. The first-order valence-corrected chi connectivity index (χ1v) is 11.2. The average molecular weight is 411 g/mol. The van der Waals surface area contributed by atoms with Crippen LogP contribution in [-0.4, -0.2) is 17.0 Å². The molecule has 1 heterocycles. The van der Waals surface area contributed by atoms with E-state index in [1.54, 1.807) is 0 Å². The minimum Gasteiger partial charge on any atom is -0.356 e. The van der Waals surface area contributed by atoms with Gasteiger partial charge in [0, 0.05) is 36.6 Å². The van der Waals surface area contributed by atoms with Crippen LogP contribution in [0.25, 0.3) is 10.9 Å². The molecule has 0 saturated carbocycles. The normalized spacial score (nSPS) is 12.0. The number of carbonyl (C=O) groups is 1. The SMILES string of the molecule is CCCNC(=O)CC(Cc1ccccc1)c1cn(Cc2ccccc2)c2ccccc12. The lowest BCUT2D eigenvalue weighted by atomic mass is 9.88. The maximum atomic E-state index is 12.7. The molecule has 1 N–H and O–H groups in total. The number of hydrogen-bond acceptors (Lipinski definition) is 1. The first kappa shape index (κ1) is 20.9. The molecule has 1 aromatic heterocycles. The second-order valence-electron chi connectivity index (χ2n) is 8.16. The van der Waals surface area contributed by atoms with E-state index in [0.29, 0.717) is 6.42 Å². The predicted molar refractivity (Wildman–Crippen MR) is 128 cm³/mol. The number of carbonyl (C=O) groups excluding carboxylic acids is 1. The van der Waals surface area contributed by atoms with Gasteiger partial charge in [-0.05, 0) is 41.5 Å². The Morgan fingerprint density at radius 1 is 0.871 bits per heavy atom. The maximum absolute atomic E-state index is 12.7. The summed E-state index contributed by atoms with van der Waals surface area (Å²) in [5.41, 5.74) is 5.00. The number of benzene rings is 3. The molecule has 4 rings (SSSR count). The van der Waals surface area contributed by atoms with Crippen LogP contribution in [-0.2, 0) is 17.8 Å². The molecule has 4 aromatic rings. The van der Waals surface area contributed by atoms with Crippen molar-refractivity contribution in [3.05, 3.63) is 108 Å². The van der Waals surface area contributed by atoms with Gasteiger partial charge < -0.3 is 9.88 Å². The summed E-state index contributed by atoms with van der Waals surface area (Å²) in [5, 5.41) is 4.31. The van der Waals surface area contributed by atoms with Gasteiger partial charge in [-0.25, -0.2) is 0 Å². The van der Waals surface area contributed by atoms with Gasteiger partial charge in [-0.1, -0.05) is 85.8 Å². The molecule has 0 aliphatic heterocycles. The number of hydrogen-bond donors (Lipinski definition) is 1. The zero-order valence-electron chi connectivity index (χ0n) is 18.1. The summed E-state index contributed by atoms with van der Waals surface area (Å²) in [6.07, 6.45) is 4.55. The highest BCUT2D eigenvalue weighted by atomic mass is 16.1. The number of fused-ring (bicyclic) bond motifs is 1. The van der Waals surface area contributed by atoms with E-state index in [0.717, 1.165) is 25.9 Å². The minimum atomic E-state index is 0.126. The summed E-state index contributed by atoms with van der Waals surface area (Å²) < 4.78 is 2.32. The van der Waals surface area contributed by atoms with Gasteiger partial charge in [0.1, 0.15) is 0 Å². The van der Waals surface area contributed by atoms with E-state index in [1.807, 2.05) is 12.1 Å². The van der Waals surface area contributed by atoms with Crippen LogP contribution in [0.15, 0.2) is 91.1 Å². The van der Waals surface area contributed by atoms with Crippen molar-refractivity contribution in [3.8, 4) is 0 Å². The highest BCUT2D eigenvalue weighted by molar-refractivity contribution is 5.86. The van der Waals surface area contributed by atoms with Crippen LogP contribution in [0.1, 0.15) is 42.4 Å².